The molecule has 1 unspecified atom stereocenters. The van der Waals surface area contributed by atoms with E-state index in [1.165, 1.54) is 43.7 Å². The number of rotatable bonds is 12. The number of aryl methyl sites for hydroxylation is 1. The van der Waals surface area contributed by atoms with Gasteiger partial charge in [0, 0.05) is 24.4 Å². The minimum absolute atomic E-state index is 0.106. The molecule has 0 aliphatic heterocycles. The van der Waals surface area contributed by atoms with Gasteiger partial charge in [0.1, 0.15) is 0 Å². The average Bonchev–Trinajstić information content (AvgIpc) is 2.73. The largest absolute Gasteiger partial charge is 0.388 e. The number of allylic oxidation sites excluding steroid dienone is 1. The van der Waals surface area contributed by atoms with E-state index in [2.05, 4.69) is 35.9 Å². The molecule has 0 amide bonds. The molecule has 1 aromatic carbocycles. The Morgan fingerprint density at radius 1 is 1.00 bits per heavy atom. The number of esters is 1. The highest BCUT2D eigenvalue weighted by atomic mass is 16.5. The first kappa shape index (κ1) is 21.8. The molecule has 0 radical (unpaired) electrons. The zero-order chi connectivity index (χ0) is 20.0. The van der Waals surface area contributed by atoms with Gasteiger partial charge in [-0.25, -0.2) is 14.8 Å². The lowest BCUT2D eigenvalue weighted by Crippen LogP contribution is -2.07. The van der Waals surface area contributed by atoms with E-state index in [-0.39, 0.29) is 11.9 Å². The van der Waals surface area contributed by atoms with E-state index in [1.54, 1.807) is 12.4 Å². The highest BCUT2D eigenvalue weighted by Crippen LogP contribution is 2.20. The molecule has 2 rings (SSSR count). The second-order valence-corrected chi connectivity index (χ2v) is 7.10. The second-order valence-electron chi connectivity index (χ2n) is 7.10. The van der Waals surface area contributed by atoms with Crippen LogP contribution in [0.2, 0.25) is 0 Å². The van der Waals surface area contributed by atoms with Crippen LogP contribution in [0.25, 0.3) is 0 Å². The van der Waals surface area contributed by atoms with Crippen molar-refractivity contribution in [2.45, 2.75) is 71.1 Å². The van der Waals surface area contributed by atoms with Gasteiger partial charge in [0.25, 0.3) is 0 Å². The Morgan fingerprint density at radius 2 is 1.68 bits per heavy atom. The Labute approximate surface area is 169 Å². The Balaban J connectivity index is 1.77. The normalized spacial score (nSPS) is 12.2. The topological polar surface area (TPSA) is 52.1 Å². The predicted molar refractivity (Wildman–Crippen MR) is 113 cm³/mol. The molecule has 0 bridgehead atoms. The Hall–Kier alpha value is -2.49. The van der Waals surface area contributed by atoms with Crippen molar-refractivity contribution >= 4 is 5.97 Å². The predicted octanol–water partition coefficient (Wildman–Crippen LogP) is 6.04. The van der Waals surface area contributed by atoms with Crippen LogP contribution in [0.4, 0.5) is 0 Å². The summed E-state index contributed by atoms with van der Waals surface area (Å²) in [6.07, 6.45) is 16.3. The molecule has 0 saturated heterocycles. The molecule has 0 N–H and O–H groups in total. The van der Waals surface area contributed by atoms with E-state index in [9.17, 15) is 4.79 Å². The molecular weight excluding hydrogens is 348 g/mol. The van der Waals surface area contributed by atoms with Gasteiger partial charge in [-0.15, -0.1) is 0 Å². The Morgan fingerprint density at radius 3 is 2.36 bits per heavy atom. The number of unbranched alkanes of at least 4 members (excludes halogenated alkanes) is 5. The highest BCUT2D eigenvalue weighted by molar-refractivity contribution is 5.83. The fourth-order valence-electron chi connectivity index (χ4n) is 3.14. The van der Waals surface area contributed by atoms with E-state index < -0.39 is 5.97 Å². The van der Waals surface area contributed by atoms with Gasteiger partial charge in [-0.3, -0.25) is 0 Å². The number of hydrogen-bond donors (Lipinski definition) is 0. The van der Waals surface area contributed by atoms with Crippen molar-refractivity contribution in [2.75, 3.05) is 0 Å². The monoisotopic (exact) mass is 380 g/mol. The smallest absolute Gasteiger partial charge is 0.338 e. The van der Waals surface area contributed by atoms with Gasteiger partial charge in [-0.1, -0.05) is 82.4 Å². The molecular formula is C24H32N2O2. The van der Waals surface area contributed by atoms with Crippen LogP contribution >= 0.6 is 0 Å². The molecule has 4 heteroatoms. The van der Waals surface area contributed by atoms with E-state index in [4.69, 9.17) is 4.74 Å². The van der Waals surface area contributed by atoms with Gasteiger partial charge in [-0.05, 0) is 30.4 Å². The first-order valence-electron chi connectivity index (χ1n) is 10.5. The van der Waals surface area contributed by atoms with Crippen molar-refractivity contribution in [1.29, 1.82) is 0 Å². The molecule has 0 aliphatic rings. The molecule has 1 aromatic heterocycles. The van der Waals surface area contributed by atoms with Crippen LogP contribution in [0.1, 0.15) is 75.8 Å². The zero-order valence-electron chi connectivity index (χ0n) is 17.1. The lowest BCUT2D eigenvalue weighted by atomic mass is 9.96. The van der Waals surface area contributed by atoms with E-state index >= 15 is 0 Å². The standard InChI is InChI=1S/C24H32N2O2/c1-3-5-6-7-8-10-13-20-18-25-24(26-19-20)28-23(27)17-16-21(4-2)22-14-11-9-12-15-22/h9,11-12,14-19,21H,3-8,10,13H2,1-2H3. The third-order valence-electron chi connectivity index (χ3n) is 4.82. The van der Waals surface area contributed by atoms with Crippen LogP contribution in [0, 0.1) is 0 Å². The number of nitrogens with zero attached hydrogens (tertiary/aromatic N) is 2. The van der Waals surface area contributed by atoms with Gasteiger partial charge in [0.15, 0.2) is 0 Å². The summed E-state index contributed by atoms with van der Waals surface area (Å²) in [6, 6.07) is 10.2. The number of carbonyl (C=O) groups excluding carboxylic acids is 1. The van der Waals surface area contributed by atoms with E-state index in [0.29, 0.717) is 0 Å². The summed E-state index contributed by atoms with van der Waals surface area (Å²) in [6.45, 7) is 4.33. The molecule has 28 heavy (non-hydrogen) atoms. The summed E-state index contributed by atoms with van der Waals surface area (Å²) in [7, 11) is 0. The zero-order valence-corrected chi connectivity index (χ0v) is 17.1. The maximum absolute atomic E-state index is 12.1. The van der Waals surface area contributed by atoms with E-state index in [0.717, 1.165) is 24.8 Å². The molecule has 1 heterocycles. The van der Waals surface area contributed by atoms with Gasteiger partial charge in [0.2, 0.25) is 0 Å². The number of benzene rings is 1. The molecule has 0 saturated carbocycles. The van der Waals surface area contributed by atoms with Gasteiger partial charge < -0.3 is 4.74 Å². The quantitative estimate of drug-likeness (QED) is 0.256. The molecule has 4 nitrogen and oxygen atoms in total. The number of aromatic nitrogens is 2. The Bertz CT molecular complexity index is 711. The first-order chi connectivity index (χ1) is 13.7. The Kier molecular flexibility index (Phi) is 9.98. The van der Waals surface area contributed by atoms with Crippen molar-refractivity contribution in [3.63, 3.8) is 0 Å². The molecule has 0 fully saturated rings. The lowest BCUT2D eigenvalue weighted by Gasteiger charge is -2.09. The highest BCUT2D eigenvalue weighted by Gasteiger charge is 2.08. The lowest BCUT2D eigenvalue weighted by molar-refractivity contribution is -0.129. The van der Waals surface area contributed by atoms with Gasteiger partial charge >= 0.3 is 12.0 Å². The molecule has 1 atom stereocenters. The number of ether oxygens (including phenoxy) is 1. The summed E-state index contributed by atoms with van der Waals surface area (Å²) >= 11 is 0. The molecule has 0 aliphatic carbocycles. The van der Waals surface area contributed by atoms with Crippen LogP contribution in [-0.4, -0.2) is 15.9 Å². The van der Waals surface area contributed by atoms with Crippen molar-refractivity contribution in [2.24, 2.45) is 0 Å². The van der Waals surface area contributed by atoms with Gasteiger partial charge in [0.05, 0.1) is 0 Å². The second kappa shape index (κ2) is 12.8. The van der Waals surface area contributed by atoms with Crippen molar-refractivity contribution in [3.05, 3.63) is 66.0 Å². The fraction of sp³-hybridized carbons (Fsp3) is 0.458. The summed E-state index contributed by atoms with van der Waals surface area (Å²) in [5.74, 6) is -0.257. The number of hydrogen-bond acceptors (Lipinski definition) is 4. The third kappa shape index (κ3) is 8.03. The third-order valence-corrected chi connectivity index (χ3v) is 4.82. The van der Waals surface area contributed by atoms with Crippen LogP contribution in [-0.2, 0) is 11.2 Å². The molecule has 2 aromatic rings. The average molecular weight is 381 g/mol. The maximum Gasteiger partial charge on any atom is 0.338 e. The minimum Gasteiger partial charge on any atom is -0.388 e. The van der Waals surface area contributed by atoms with Crippen LogP contribution in [0.15, 0.2) is 54.9 Å². The maximum atomic E-state index is 12.1. The first-order valence-corrected chi connectivity index (χ1v) is 10.5. The summed E-state index contributed by atoms with van der Waals surface area (Å²) < 4.78 is 5.22. The van der Waals surface area contributed by atoms with E-state index in [1.807, 2.05) is 24.3 Å². The summed E-state index contributed by atoms with van der Waals surface area (Å²) in [4.78, 5) is 20.4. The number of carbonyl (C=O) groups is 1. The van der Waals surface area contributed by atoms with Crippen LogP contribution < -0.4 is 4.74 Å². The van der Waals surface area contributed by atoms with Crippen LogP contribution in [0.3, 0.4) is 0 Å². The minimum atomic E-state index is -0.446. The molecule has 150 valence electrons. The fourth-order valence-corrected chi connectivity index (χ4v) is 3.14. The van der Waals surface area contributed by atoms with Crippen molar-refractivity contribution in [3.8, 4) is 6.01 Å². The van der Waals surface area contributed by atoms with Crippen LogP contribution in [0.5, 0.6) is 6.01 Å². The summed E-state index contributed by atoms with van der Waals surface area (Å²) in [5.41, 5.74) is 2.27. The van der Waals surface area contributed by atoms with Gasteiger partial charge in [-0.2, -0.15) is 0 Å². The summed E-state index contributed by atoms with van der Waals surface area (Å²) in [5, 5.41) is 0. The SMILES string of the molecule is CCCCCCCCc1cnc(OC(=O)C=CC(CC)c2ccccc2)nc1. The van der Waals surface area contributed by atoms with Crippen molar-refractivity contribution in [1.82, 2.24) is 9.97 Å². The molecule has 0 spiro atoms. The van der Waals surface area contributed by atoms with Crippen molar-refractivity contribution < 1.29 is 9.53 Å².